The third kappa shape index (κ3) is 6.16. The Hall–Kier alpha value is -2.74. The van der Waals surface area contributed by atoms with Crippen molar-refractivity contribution < 1.29 is 22.7 Å². The van der Waals surface area contributed by atoms with E-state index in [1.807, 2.05) is 38.1 Å². The molecule has 0 aliphatic carbocycles. The van der Waals surface area contributed by atoms with E-state index in [9.17, 15) is 13.2 Å². The fourth-order valence-electron chi connectivity index (χ4n) is 2.62. The Bertz CT molecular complexity index is 899. The molecule has 0 bridgehead atoms. The van der Waals surface area contributed by atoms with E-state index in [2.05, 4.69) is 5.32 Å². The maximum atomic E-state index is 12.4. The zero-order valence-corrected chi connectivity index (χ0v) is 17.2. The van der Waals surface area contributed by atoms with Gasteiger partial charge in [0.15, 0.2) is 0 Å². The van der Waals surface area contributed by atoms with Gasteiger partial charge in [0, 0.05) is 6.54 Å². The standard InChI is InChI=1S/C20H26N2O5S/c1-4-26-17-10-8-9-16(13-17)14-21-20(23)15-22(28(3,24)25)18-11-6-7-12-19(18)27-5-2/h6-13H,4-5,14-15H2,1-3H3,(H,21,23). The topological polar surface area (TPSA) is 84.9 Å². The SMILES string of the molecule is CCOc1cccc(CNC(=O)CN(c2ccccc2OCC)S(C)(=O)=O)c1. The Morgan fingerprint density at radius 1 is 1.04 bits per heavy atom. The van der Waals surface area contributed by atoms with Gasteiger partial charge < -0.3 is 14.8 Å². The van der Waals surface area contributed by atoms with E-state index in [4.69, 9.17) is 9.47 Å². The number of amides is 1. The minimum Gasteiger partial charge on any atom is -0.494 e. The Labute approximate surface area is 166 Å². The lowest BCUT2D eigenvalue weighted by molar-refractivity contribution is -0.119. The lowest BCUT2D eigenvalue weighted by Gasteiger charge is -2.24. The summed E-state index contributed by atoms with van der Waals surface area (Å²) >= 11 is 0. The zero-order chi connectivity index (χ0) is 20.6. The summed E-state index contributed by atoms with van der Waals surface area (Å²) in [5.41, 5.74) is 1.19. The van der Waals surface area contributed by atoms with Gasteiger partial charge in [0.05, 0.1) is 25.2 Å². The van der Waals surface area contributed by atoms with Crippen molar-refractivity contribution in [2.75, 3.05) is 30.3 Å². The predicted molar refractivity (Wildman–Crippen MR) is 109 cm³/mol. The van der Waals surface area contributed by atoms with Crippen LogP contribution in [0.15, 0.2) is 48.5 Å². The molecule has 7 nitrogen and oxygen atoms in total. The highest BCUT2D eigenvalue weighted by Gasteiger charge is 2.23. The van der Waals surface area contributed by atoms with Crippen molar-refractivity contribution in [3.63, 3.8) is 0 Å². The lowest BCUT2D eigenvalue weighted by atomic mass is 10.2. The number of nitrogens with one attached hydrogen (secondary N) is 1. The summed E-state index contributed by atoms with van der Waals surface area (Å²) in [4.78, 5) is 12.4. The molecule has 0 spiro atoms. The molecule has 1 amide bonds. The van der Waals surface area contributed by atoms with Gasteiger partial charge in [-0.15, -0.1) is 0 Å². The number of carbonyl (C=O) groups is 1. The van der Waals surface area contributed by atoms with Crippen LogP contribution in [0.4, 0.5) is 5.69 Å². The lowest BCUT2D eigenvalue weighted by Crippen LogP contribution is -2.40. The molecule has 2 aromatic carbocycles. The Morgan fingerprint density at radius 2 is 1.75 bits per heavy atom. The highest BCUT2D eigenvalue weighted by atomic mass is 32.2. The zero-order valence-electron chi connectivity index (χ0n) is 16.3. The molecule has 8 heteroatoms. The van der Waals surface area contributed by atoms with E-state index in [0.29, 0.717) is 24.7 Å². The van der Waals surface area contributed by atoms with Crippen LogP contribution in [0.2, 0.25) is 0 Å². The van der Waals surface area contributed by atoms with Crippen LogP contribution < -0.4 is 19.1 Å². The summed E-state index contributed by atoms with van der Waals surface area (Å²) in [6, 6.07) is 14.1. The second kappa shape index (κ2) is 9.98. The van der Waals surface area contributed by atoms with Gasteiger partial charge in [-0.2, -0.15) is 0 Å². The molecule has 0 unspecified atom stereocenters. The maximum Gasteiger partial charge on any atom is 0.241 e. The third-order valence-corrected chi connectivity index (χ3v) is 4.95. The van der Waals surface area contributed by atoms with Gasteiger partial charge in [-0.05, 0) is 43.7 Å². The quantitative estimate of drug-likeness (QED) is 0.656. The molecule has 28 heavy (non-hydrogen) atoms. The minimum atomic E-state index is -3.68. The molecule has 0 aliphatic rings. The Balaban J connectivity index is 2.11. The molecule has 0 saturated heterocycles. The van der Waals surface area contributed by atoms with Gasteiger partial charge in [-0.3, -0.25) is 9.10 Å². The van der Waals surface area contributed by atoms with Crippen molar-refractivity contribution in [1.29, 1.82) is 0 Å². The van der Waals surface area contributed by atoms with Crippen molar-refractivity contribution in [3.05, 3.63) is 54.1 Å². The first-order valence-electron chi connectivity index (χ1n) is 9.03. The predicted octanol–water partition coefficient (Wildman–Crippen LogP) is 2.57. The van der Waals surface area contributed by atoms with Crippen LogP contribution in [-0.2, 0) is 21.4 Å². The van der Waals surface area contributed by atoms with E-state index in [-0.39, 0.29) is 13.1 Å². The molecule has 0 aliphatic heterocycles. The second-order valence-corrected chi connectivity index (χ2v) is 7.93. The number of para-hydroxylation sites is 2. The number of anilines is 1. The molecule has 2 aromatic rings. The van der Waals surface area contributed by atoms with Gasteiger partial charge in [-0.25, -0.2) is 8.42 Å². The number of sulfonamides is 1. The summed E-state index contributed by atoms with van der Waals surface area (Å²) in [5.74, 6) is 0.712. The van der Waals surface area contributed by atoms with Gasteiger partial charge in [0.25, 0.3) is 0 Å². The van der Waals surface area contributed by atoms with Crippen LogP contribution >= 0.6 is 0 Å². The molecule has 0 saturated carbocycles. The third-order valence-electron chi connectivity index (χ3n) is 3.82. The van der Waals surface area contributed by atoms with Crippen molar-refractivity contribution in [3.8, 4) is 11.5 Å². The molecule has 2 rings (SSSR count). The van der Waals surface area contributed by atoms with E-state index < -0.39 is 15.9 Å². The van der Waals surface area contributed by atoms with Crippen molar-refractivity contribution in [2.45, 2.75) is 20.4 Å². The van der Waals surface area contributed by atoms with E-state index in [0.717, 1.165) is 21.9 Å². The summed E-state index contributed by atoms with van der Waals surface area (Å²) in [5, 5.41) is 2.75. The number of hydrogen-bond acceptors (Lipinski definition) is 5. The van der Waals surface area contributed by atoms with Crippen LogP contribution in [0, 0.1) is 0 Å². The number of benzene rings is 2. The Kier molecular flexibility index (Phi) is 7.69. The second-order valence-electron chi connectivity index (χ2n) is 6.03. The van der Waals surface area contributed by atoms with Gasteiger partial charge >= 0.3 is 0 Å². The monoisotopic (exact) mass is 406 g/mol. The summed E-state index contributed by atoms with van der Waals surface area (Å²) in [6.07, 6.45) is 1.06. The number of nitrogens with zero attached hydrogens (tertiary/aromatic N) is 1. The summed E-state index contributed by atoms with van der Waals surface area (Å²) < 4.78 is 36.6. The average Bonchev–Trinajstić information content (AvgIpc) is 2.65. The normalized spacial score (nSPS) is 11.0. The highest BCUT2D eigenvalue weighted by molar-refractivity contribution is 7.92. The van der Waals surface area contributed by atoms with Crippen LogP contribution in [0.5, 0.6) is 11.5 Å². The number of hydrogen-bond donors (Lipinski definition) is 1. The van der Waals surface area contributed by atoms with E-state index in [1.165, 1.54) is 0 Å². The average molecular weight is 407 g/mol. The summed E-state index contributed by atoms with van der Waals surface area (Å²) in [6.45, 7) is 4.58. The first-order valence-corrected chi connectivity index (χ1v) is 10.9. The molecular formula is C20H26N2O5S. The largest absolute Gasteiger partial charge is 0.494 e. The molecule has 0 atom stereocenters. The number of ether oxygens (including phenoxy) is 2. The Morgan fingerprint density at radius 3 is 2.43 bits per heavy atom. The molecule has 0 fully saturated rings. The van der Waals surface area contributed by atoms with Crippen molar-refractivity contribution in [2.24, 2.45) is 0 Å². The van der Waals surface area contributed by atoms with E-state index >= 15 is 0 Å². The van der Waals surface area contributed by atoms with Crippen LogP contribution in [0.3, 0.4) is 0 Å². The molecule has 0 radical (unpaired) electrons. The summed E-state index contributed by atoms with van der Waals surface area (Å²) in [7, 11) is -3.68. The molecule has 152 valence electrons. The molecular weight excluding hydrogens is 380 g/mol. The molecule has 0 heterocycles. The minimum absolute atomic E-state index is 0.268. The van der Waals surface area contributed by atoms with Gasteiger partial charge in [0.1, 0.15) is 18.0 Å². The first-order chi connectivity index (χ1) is 13.3. The molecule has 0 aromatic heterocycles. The van der Waals surface area contributed by atoms with Crippen LogP contribution in [0.1, 0.15) is 19.4 Å². The van der Waals surface area contributed by atoms with Crippen molar-refractivity contribution >= 4 is 21.6 Å². The smallest absolute Gasteiger partial charge is 0.241 e. The molecule has 1 N–H and O–H groups in total. The van der Waals surface area contributed by atoms with Crippen molar-refractivity contribution in [1.82, 2.24) is 5.32 Å². The van der Waals surface area contributed by atoms with E-state index in [1.54, 1.807) is 24.3 Å². The number of rotatable bonds is 10. The van der Waals surface area contributed by atoms with Gasteiger partial charge in [-0.1, -0.05) is 24.3 Å². The fourth-order valence-corrected chi connectivity index (χ4v) is 3.48. The first kappa shape index (κ1) is 21.6. The van der Waals surface area contributed by atoms with Gasteiger partial charge in [0.2, 0.25) is 15.9 Å². The maximum absolute atomic E-state index is 12.4. The van der Waals surface area contributed by atoms with Crippen LogP contribution in [0.25, 0.3) is 0 Å². The number of carbonyl (C=O) groups excluding carboxylic acids is 1. The van der Waals surface area contributed by atoms with Crippen LogP contribution in [-0.4, -0.2) is 40.3 Å². The fraction of sp³-hybridized carbons (Fsp3) is 0.350. The highest BCUT2D eigenvalue weighted by Crippen LogP contribution is 2.29.